The summed E-state index contributed by atoms with van der Waals surface area (Å²) in [5.74, 6) is 0. The van der Waals surface area contributed by atoms with Crippen LogP contribution in [-0.4, -0.2) is 9.97 Å². The lowest BCUT2D eigenvalue weighted by molar-refractivity contribution is 0.590. The Morgan fingerprint density at radius 3 is 1.85 bits per heavy atom. The van der Waals surface area contributed by atoms with E-state index in [0.29, 0.717) is 0 Å². The molecule has 5 aromatic carbocycles. The van der Waals surface area contributed by atoms with E-state index in [1.54, 1.807) is 0 Å². The number of aromatic nitrogens is 2. The zero-order valence-electron chi connectivity index (χ0n) is 28.9. The Labute approximate surface area is 279 Å². The van der Waals surface area contributed by atoms with E-state index in [-0.39, 0.29) is 10.8 Å². The molecule has 7 rings (SSSR count). The van der Waals surface area contributed by atoms with Gasteiger partial charge in [0.05, 0.1) is 11.2 Å². The van der Waals surface area contributed by atoms with Gasteiger partial charge in [-0.3, -0.25) is 4.98 Å². The maximum Gasteiger partial charge on any atom is 0.0702 e. The van der Waals surface area contributed by atoms with E-state index < -0.39 is 0 Å². The molecule has 47 heavy (non-hydrogen) atoms. The molecule has 0 amide bonds. The lowest BCUT2D eigenvalue weighted by Gasteiger charge is -2.22. The minimum atomic E-state index is -0.00278. The van der Waals surface area contributed by atoms with Crippen molar-refractivity contribution in [3.05, 3.63) is 138 Å². The number of fused-ring (bicyclic) bond motifs is 3. The number of nitrogens with zero attached hydrogens (tertiary/aromatic N) is 1. The fourth-order valence-electron chi connectivity index (χ4n) is 6.83. The van der Waals surface area contributed by atoms with Crippen molar-refractivity contribution < 1.29 is 0 Å². The number of hydrogen-bond donors (Lipinski definition) is 1. The molecule has 0 unspecified atom stereocenters. The minimum absolute atomic E-state index is 0.00278. The Balaban J connectivity index is 1.49. The van der Waals surface area contributed by atoms with Crippen molar-refractivity contribution in [3.63, 3.8) is 0 Å². The summed E-state index contributed by atoms with van der Waals surface area (Å²) in [6.45, 7) is 18.3. The van der Waals surface area contributed by atoms with Gasteiger partial charge in [0.2, 0.25) is 0 Å². The number of nitrogens with one attached hydrogen (secondary N) is 1. The van der Waals surface area contributed by atoms with Gasteiger partial charge in [0.15, 0.2) is 0 Å². The second-order valence-corrected chi connectivity index (χ2v) is 15.2. The van der Waals surface area contributed by atoms with Crippen LogP contribution in [0.15, 0.2) is 115 Å². The third-order valence-electron chi connectivity index (χ3n) is 9.61. The summed E-state index contributed by atoms with van der Waals surface area (Å²) in [6, 6.07) is 40.2. The van der Waals surface area contributed by atoms with Gasteiger partial charge in [-0.1, -0.05) is 90.1 Å². The van der Waals surface area contributed by atoms with E-state index in [4.69, 9.17) is 4.98 Å². The first kappa shape index (κ1) is 30.7. The van der Waals surface area contributed by atoms with Gasteiger partial charge in [-0.05, 0) is 135 Å². The standard InChI is InChI=1S/C45H44N2/c1-28-20-29(2)37(27-36(28)32-21-31(30-14-10-9-11-15-30)22-33(23-32)41-16-12-13-19-46-41)39-25-35(45(6,7)8)26-40-38-24-34(44(3,4)5)17-18-42(38)47-43(39)40/h9-27,47H,1-8H3. The van der Waals surface area contributed by atoms with Crippen LogP contribution in [0.3, 0.4) is 0 Å². The predicted molar refractivity (Wildman–Crippen MR) is 202 cm³/mol. The van der Waals surface area contributed by atoms with Gasteiger partial charge in [-0.2, -0.15) is 0 Å². The second kappa shape index (κ2) is 11.4. The van der Waals surface area contributed by atoms with Gasteiger partial charge >= 0.3 is 0 Å². The smallest absolute Gasteiger partial charge is 0.0702 e. The van der Waals surface area contributed by atoms with Crippen molar-refractivity contribution in [2.24, 2.45) is 0 Å². The van der Waals surface area contributed by atoms with Crippen LogP contribution in [0.5, 0.6) is 0 Å². The van der Waals surface area contributed by atoms with Crippen molar-refractivity contribution in [2.45, 2.75) is 66.2 Å². The van der Waals surface area contributed by atoms with Crippen LogP contribution in [-0.2, 0) is 10.8 Å². The third-order valence-corrected chi connectivity index (χ3v) is 9.61. The van der Waals surface area contributed by atoms with Crippen molar-refractivity contribution >= 4 is 21.8 Å². The van der Waals surface area contributed by atoms with Crippen LogP contribution in [0, 0.1) is 13.8 Å². The number of H-pyrrole nitrogens is 1. The van der Waals surface area contributed by atoms with E-state index >= 15 is 0 Å². The Bertz CT molecular complexity index is 2200. The molecule has 0 spiro atoms. The van der Waals surface area contributed by atoms with Gasteiger partial charge in [-0.25, -0.2) is 0 Å². The largest absolute Gasteiger partial charge is 0.354 e. The summed E-state index contributed by atoms with van der Waals surface area (Å²) in [6.07, 6.45) is 1.87. The molecule has 2 heteroatoms. The number of hydrogen-bond acceptors (Lipinski definition) is 1. The highest BCUT2D eigenvalue weighted by atomic mass is 14.7. The quantitative estimate of drug-likeness (QED) is 0.210. The molecular formula is C45H44N2. The van der Waals surface area contributed by atoms with E-state index in [1.807, 2.05) is 12.3 Å². The summed E-state index contributed by atoms with van der Waals surface area (Å²) in [7, 11) is 0. The van der Waals surface area contributed by atoms with Crippen LogP contribution in [0.2, 0.25) is 0 Å². The molecule has 0 aliphatic heterocycles. The molecule has 2 nitrogen and oxygen atoms in total. The summed E-state index contributed by atoms with van der Waals surface area (Å²) in [4.78, 5) is 8.58. The summed E-state index contributed by atoms with van der Waals surface area (Å²) < 4.78 is 0. The molecule has 0 radical (unpaired) electrons. The van der Waals surface area contributed by atoms with Gasteiger partial charge in [-0.15, -0.1) is 0 Å². The number of aryl methyl sites for hydroxylation is 2. The van der Waals surface area contributed by atoms with E-state index in [1.165, 1.54) is 77.4 Å². The molecular weight excluding hydrogens is 569 g/mol. The molecule has 2 aromatic heterocycles. The van der Waals surface area contributed by atoms with E-state index in [9.17, 15) is 0 Å². The molecule has 0 atom stereocenters. The van der Waals surface area contributed by atoms with Gasteiger partial charge in [0.25, 0.3) is 0 Å². The average Bonchev–Trinajstić information content (AvgIpc) is 3.42. The number of aromatic amines is 1. The molecule has 0 bridgehead atoms. The van der Waals surface area contributed by atoms with Crippen LogP contribution < -0.4 is 0 Å². The van der Waals surface area contributed by atoms with E-state index in [2.05, 4.69) is 164 Å². The van der Waals surface area contributed by atoms with Crippen LogP contribution in [0.4, 0.5) is 0 Å². The highest BCUT2D eigenvalue weighted by Crippen LogP contribution is 2.42. The SMILES string of the molecule is Cc1cc(C)c(-c2cc(C(C)(C)C)cc3c2[nH]c2ccc(C(C)(C)C)cc23)cc1-c1cc(-c2ccccc2)cc(-c2ccccn2)c1. The minimum Gasteiger partial charge on any atom is -0.354 e. The first-order valence-electron chi connectivity index (χ1n) is 16.7. The molecule has 0 aliphatic rings. The second-order valence-electron chi connectivity index (χ2n) is 15.2. The molecule has 7 aromatic rings. The van der Waals surface area contributed by atoms with Gasteiger partial charge in [0.1, 0.15) is 0 Å². The van der Waals surface area contributed by atoms with E-state index in [0.717, 1.165) is 11.3 Å². The van der Waals surface area contributed by atoms with Gasteiger partial charge < -0.3 is 4.98 Å². The molecule has 2 heterocycles. The topological polar surface area (TPSA) is 28.7 Å². The lowest BCUT2D eigenvalue weighted by Crippen LogP contribution is -2.11. The predicted octanol–water partition coefficient (Wildman–Crippen LogP) is 12.6. The Morgan fingerprint density at radius 2 is 1.15 bits per heavy atom. The Morgan fingerprint density at radius 1 is 0.489 bits per heavy atom. The van der Waals surface area contributed by atoms with Crippen LogP contribution in [0.1, 0.15) is 63.8 Å². The molecule has 234 valence electrons. The van der Waals surface area contributed by atoms with Crippen molar-refractivity contribution in [1.29, 1.82) is 0 Å². The zero-order valence-corrected chi connectivity index (χ0v) is 28.9. The fraction of sp³-hybridized carbons (Fsp3) is 0.222. The summed E-state index contributed by atoms with van der Waals surface area (Å²) >= 11 is 0. The number of benzene rings is 5. The van der Waals surface area contributed by atoms with Gasteiger partial charge in [0, 0.05) is 33.6 Å². The molecule has 0 aliphatic carbocycles. The van der Waals surface area contributed by atoms with Crippen LogP contribution in [0.25, 0.3) is 66.4 Å². The Kier molecular flexibility index (Phi) is 7.43. The maximum atomic E-state index is 4.72. The lowest BCUT2D eigenvalue weighted by atomic mass is 9.82. The van der Waals surface area contributed by atoms with Crippen LogP contribution >= 0.6 is 0 Å². The average molecular weight is 613 g/mol. The molecule has 0 fully saturated rings. The normalized spacial score (nSPS) is 12.3. The maximum absolute atomic E-state index is 4.72. The van der Waals surface area contributed by atoms with Crippen molar-refractivity contribution in [3.8, 4) is 44.6 Å². The number of rotatable bonds is 4. The number of pyridine rings is 1. The monoisotopic (exact) mass is 612 g/mol. The summed E-state index contributed by atoms with van der Waals surface area (Å²) in [5, 5.41) is 2.58. The molecule has 0 saturated carbocycles. The molecule has 1 N–H and O–H groups in total. The highest BCUT2D eigenvalue weighted by Gasteiger charge is 2.22. The first-order chi connectivity index (χ1) is 22.4. The fourth-order valence-corrected chi connectivity index (χ4v) is 6.83. The third kappa shape index (κ3) is 5.78. The highest BCUT2D eigenvalue weighted by molar-refractivity contribution is 6.13. The van der Waals surface area contributed by atoms with Crippen molar-refractivity contribution in [2.75, 3.05) is 0 Å². The first-order valence-corrected chi connectivity index (χ1v) is 16.7. The zero-order chi connectivity index (χ0) is 33.1. The molecule has 0 saturated heterocycles. The van der Waals surface area contributed by atoms with Crippen molar-refractivity contribution in [1.82, 2.24) is 9.97 Å². The Hall–Kier alpha value is -4.95. The summed E-state index contributed by atoms with van der Waals surface area (Å²) in [5.41, 5.74) is 17.1.